The van der Waals surface area contributed by atoms with Crippen molar-refractivity contribution in [2.45, 2.75) is 38.1 Å². The van der Waals surface area contributed by atoms with Gasteiger partial charge in [-0.1, -0.05) is 19.3 Å². The number of carbonyl (C=O) groups excluding carboxylic acids is 2. The first kappa shape index (κ1) is 12.9. The molecule has 0 aromatic carbocycles. The molecule has 6 nitrogen and oxygen atoms in total. The second kappa shape index (κ2) is 5.81. The van der Waals surface area contributed by atoms with Gasteiger partial charge in [0.1, 0.15) is 6.04 Å². The summed E-state index contributed by atoms with van der Waals surface area (Å²) in [5.74, 6) is 4.66. The standard InChI is InChI=1S/C10H20N4O2/c11-6-8(9(12)15)14(13)10(16)7-4-2-1-3-5-7/h7-8H,1-6,11,13H2,(H2,12,15)/t8-/m0/s1. The Morgan fingerprint density at radius 1 is 1.25 bits per heavy atom. The molecule has 92 valence electrons. The SMILES string of the molecule is NC[C@@H](C(N)=O)N(N)C(=O)C1CCCCC1. The zero-order valence-corrected chi connectivity index (χ0v) is 9.39. The lowest BCUT2D eigenvalue weighted by Gasteiger charge is -2.29. The lowest BCUT2D eigenvalue weighted by Crippen LogP contribution is -2.56. The van der Waals surface area contributed by atoms with E-state index in [0.717, 1.165) is 37.1 Å². The molecule has 6 heteroatoms. The molecule has 0 heterocycles. The summed E-state index contributed by atoms with van der Waals surface area (Å²) >= 11 is 0. The van der Waals surface area contributed by atoms with Gasteiger partial charge in [-0.2, -0.15) is 0 Å². The molecule has 0 aromatic rings. The molecule has 1 aliphatic carbocycles. The van der Waals surface area contributed by atoms with Crippen molar-refractivity contribution in [1.82, 2.24) is 5.01 Å². The molecule has 16 heavy (non-hydrogen) atoms. The highest BCUT2D eigenvalue weighted by Crippen LogP contribution is 2.25. The first-order valence-electron chi connectivity index (χ1n) is 5.65. The number of hydrogen-bond acceptors (Lipinski definition) is 4. The largest absolute Gasteiger partial charge is 0.368 e. The molecule has 1 fully saturated rings. The predicted octanol–water partition coefficient (Wildman–Crippen LogP) is -0.918. The minimum absolute atomic E-state index is 0.0374. The molecule has 1 saturated carbocycles. The highest BCUT2D eigenvalue weighted by atomic mass is 16.2. The molecule has 0 radical (unpaired) electrons. The number of rotatable bonds is 4. The number of hydrazine groups is 1. The van der Waals surface area contributed by atoms with Crippen LogP contribution < -0.4 is 17.3 Å². The summed E-state index contributed by atoms with van der Waals surface area (Å²) in [5, 5.41) is 0.915. The fourth-order valence-electron chi connectivity index (χ4n) is 2.08. The molecule has 0 unspecified atom stereocenters. The number of carbonyl (C=O) groups is 2. The predicted molar refractivity (Wildman–Crippen MR) is 59.6 cm³/mol. The van der Waals surface area contributed by atoms with E-state index >= 15 is 0 Å². The van der Waals surface area contributed by atoms with Gasteiger partial charge < -0.3 is 11.5 Å². The molecule has 0 spiro atoms. The third kappa shape index (κ3) is 2.93. The van der Waals surface area contributed by atoms with Crippen molar-refractivity contribution in [3.63, 3.8) is 0 Å². The van der Waals surface area contributed by atoms with Crippen LogP contribution in [0.25, 0.3) is 0 Å². The average molecular weight is 228 g/mol. The lowest BCUT2D eigenvalue weighted by molar-refractivity contribution is -0.143. The van der Waals surface area contributed by atoms with E-state index in [1.165, 1.54) is 0 Å². The van der Waals surface area contributed by atoms with Crippen molar-refractivity contribution in [1.29, 1.82) is 0 Å². The summed E-state index contributed by atoms with van der Waals surface area (Å²) < 4.78 is 0. The van der Waals surface area contributed by atoms with E-state index in [1.807, 2.05) is 0 Å². The normalized spacial score (nSPS) is 19.1. The van der Waals surface area contributed by atoms with Gasteiger partial charge in [-0.05, 0) is 12.8 Å². The van der Waals surface area contributed by atoms with E-state index in [1.54, 1.807) is 0 Å². The van der Waals surface area contributed by atoms with Crippen LogP contribution in [0.4, 0.5) is 0 Å². The monoisotopic (exact) mass is 228 g/mol. The average Bonchev–Trinajstić information content (AvgIpc) is 2.29. The first-order chi connectivity index (χ1) is 7.57. The third-order valence-corrected chi connectivity index (χ3v) is 3.10. The molecule has 0 bridgehead atoms. The van der Waals surface area contributed by atoms with Crippen LogP contribution in [0.3, 0.4) is 0 Å². The van der Waals surface area contributed by atoms with Crippen LogP contribution in [-0.4, -0.2) is 29.4 Å². The van der Waals surface area contributed by atoms with Gasteiger partial charge in [-0.25, -0.2) is 5.84 Å². The van der Waals surface area contributed by atoms with Gasteiger partial charge in [0, 0.05) is 12.5 Å². The number of hydrogen-bond donors (Lipinski definition) is 3. The highest BCUT2D eigenvalue weighted by molar-refractivity contribution is 5.87. The summed E-state index contributed by atoms with van der Waals surface area (Å²) in [4.78, 5) is 23.0. The van der Waals surface area contributed by atoms with E-state index < -0.39 is 11.9 Å². The van der Waals surface area contributed by atoms with Gasteiger partial charge in [0.2, 0.25) is 11.8 Å². The summed E-state index contributed by atoms with van der Waals surface area (Å²) in [6.07, 6.45) is 4.90. The molecule has 2 amide bonds. The maximum atomic E-state index is 11.9. The Morgan fingerprint density at radius 3 is 2.25 bits per heavy atom. The molecular formula is C10H20N4O2. The van der Waals surface area contributed by atoms with Crippen LogP contribution in [0.5, 0.6) is 0 Å². The fraction of sp³-hybridized carbons (Fsp3) is 0.800. The quantitative estimate of drug-likeness (QED) is 0.328. The third-order valence-electron chi connectivity index (χ3n) is 3.10. The molecule has 6 N–H and O–H groups in total. The van der Waals surface area contributed by atoms with Gasteiger partial charge in [0.25, 0.3) is 0 Å². The smallest absolute Gasteiger partial charge is 0.243 e. The Kier molecular flexibility index (Phi) is 4.70. The van der Waals surface area contributed by atoms with Crippen molar-refractivity contribution < 1.29 is 9.59 Å². The lowest BCUT2D eigenvalue weighted by atomic mass is 9.88. The molecular weight excluding hydrogens is 208 g/mol. The van der Waals surface area contributed by atoms with Crippen molar-refractivity contribution >= 4 is 11.8 Å². The van der Waals surface area contributed by atoms with E-state index in [0.29, 0.717) is 0 Å². The van der Waals surface area contributed by atoms with Crippen LogP contribution in [0, 0.1) is 5.92 Å². The number of primary amides is 1. The summed E-state index contributed by atoms with van der Waals surface area (Å²) in [6, 6.07) is -0.894. The summed E-state index contributed by atoms with van der Waals surface area (Å²) in [7, 11) is 0. The van der Waals surface area contributed by atoms with Crippen LogP contribution in [0.2, 0.25) is 0 Å². The minimum Gasteiger partial charge on any atom is -0.368 e. The van der Waals surface area contributed by atoms with Crippen LogP contribution in [0.1, 0.15) is 32.1 Å². The van der Waals surface area contributed by atoms with E-state index in [9.17, 15) is 9.59 Å². The molecule has 0 aliphatic heterocycles. The van der Waals surface area contributed by atoms with Crippen molar-refractivity contribution in [3.8, 4) is 0 Å². The topological polar surface area (TPSA) is 115 Å². The van der Waals surface area contributed by atoms with Crippen LogP contribution in [-0.2, 0) is 9.59 Å². The number of amides is 2. The van der Waals surface area contributed by atoms with Crippen LogP contribution >= 0.6 is 0 Å². The Balaban J connectivity index is 2.60. The molecule has 1 aliphatic rings. The van der Waals surface area contributed by atoms with E-state index in [4.69, 9.17) is 17.3 Å². The van der Waals surface area contributed by atoms with Crippen LogP contribution in [0.15, 0.2) is 0 Å². The second-order valence-electron chi connectivity index (χ2n) is 4.23. The van der Waals surface area contributed by atoms with Crippen molar-refractivity contribution in [3.05, 3.63) is 0 Å². The molecule has 1 rings (SSSR count). The zero-order chi connectivity index (χ0) is 12.1. The zero-order valence-electron chi connectivity index (χ0n) is 9.39. The van der Waals surface area contributed by atoms with Gasteiger partial charge in [-0.3, -0.25) is 14.6 Å². The van der Waals surface area contributed by atoms with E-state index in [2.05, 4.69) is 0 Å². The Morgan fingerprint density at radius 2 is 1.81 bits per heavy atom. The van der Waals surface area contributed by atoms with Gasteiger partial charge in [0.05, 0.1) is 0 Å². The Bertz CT molecular complexity index is 264. The summed E-state index contributed by atoms with van der Waals surface area (Å²) in [5.41, 5.74) is 10.5. The molecule has 0 saturated heterocycles. The number of nitrogens with zero attached hydrogens (tertiary/aromatic N) is 1. The summed E-state index contributed by atoms with van der Waals surface area (Å²) in [6.45, 7) is -0.0374. The Labute approximate surface area is 95.1 Å². The van der Waals surface area contributed by atoms with E-state index in [-0.39, 0.29) is 18.4 Å². The van der Waals surface area contributed by atoms with Crippen molar-refractivity contribution in [2.24, 2.45) is 23.2 Å². The first-order valence-corrected chi connectivity index (χ1v) is 5.65. The fourth-order valence-corrected chi connectivity index (χ4v) is 2.08. The highest BCUT2D eigenvalue weighted by Gasteiger charge is 2.30. The van der Waals surface area contributed by atoms with Gasteiger partial charge >= 0.3 is 0 Å². The Hall–Kier alpha value is -1.14. The van der Waals surface area contributed by atoms with Crippen molar-refractivity contribution in [2.75, 3.05) is 6.54 Å². The second-order valence-corrected chi connectivity index (χ2v) is 4.23. The number of nitrogens with two attached hydrogens (primary N) is 3. The molecule has 0 aromatic heterocycles. The molecule has 1 atom stereocenters. The van der Waals surface area contributed by atoms with Gasteiger partial charge in [-0.15, -0.1) is 0 Å². The minimum atomic E-state index is -0.894. The van der Waals surface area contributed by atoms with Gasteiger partial charge in [0.15, 0.2) is 0 Å². The maximum absolute atomic E-state index is 11.9. The maximum Gasteiger partial charge on any atom is 0.243 e.